The first kappa shape index (κ1) is 26.8. The Bertz CT molecular complexity index is 804. The fourth-order valence-electron chi connectivity index (χ4n) is 5.59. The van der Waals surface area contributed by atoms with E-state index in [1.807, 2.05) is 30.3 Å². The molecule has 0 bridgehead atoms. The van der Waals surface area contributed by atoms with E-state index in [2.05, 4.69) is 22.1 Å². The number of nitrogens with one attached hydrogen (secondary N) is 3. The summed E-state index contributed by atoms with van der Waals surface area (Å²) in [5.74, 6) is 1.48. The summed E-state index contributed by atoms with van der Waals surface area (Å²) in [4.78, 5) is 21.9. The number of carbonyl (C=O) groups excluding carboxylic acids is 1. The van der Waals surface area contributed by atoms with Crippen LogP contribution in [0.4, 0.5) is 0 Å². The molecule has 1 aliphatic carbocycles. The van der Waals surface area contributed by atoms with Gasteiger partial charge in [0, 0.05) is 42.0 Å². The van der Waals surface area contributed by atoms with Gasteiger partial charge in [-0.05, 0) is 58.4 Å². The van der Waals surface area contributed by atoms with Crippen LogP contribution in [-0.2, 0) is 4.79 Å². The van der Waals surface area contributed by atoms with Crippen molar-refractivity contribution in [3.05, 3.63) is 16.6 Å². The highest BCUT2D eigenvalue weighted by Crippen LogP contribution is 2.29. The van der Waals surface area contributed by atoms with Crippen LogP contribution in [0.1, 0.15) is 96.5 Å². The Morgan fingerprint density at radius 1 is 1.26 bits per heavy atom. The quantitative estimate of drug-likeness (QED) is 0.285. The molecule has 0 spiro atoms. The topological polar surface area (TPSA) is 96.2 Å². The molecule has 3 N–H and O–H groups in total. The Morgan fingerprint density at radius 3 is 2.59 bits per heavy atom. The van der Waals surface area contributed by atoms with Crippen LogP contribution in [0.15, 0.2) is 11.6 Å². The molecule has 0 aromatic carbocycles. The summed E-state index contributed by atoms with van der Waals surface area (Å²) in [7, 11) is 0. The maximum absolute atomic E-state index is 12.9. The zero-order valence-electron chi connectivity index (χ0n) is 21.5. The first-order valence-electron chi connectivity index (χ1n) is 13.2. The Balaban J connectivity index is 1.63. The smallest absolute Gasteiger partial charge is 0.223 e. The first-order valence-corrected chi connectivity index (χ1v) is 14.1. The number of hydrogen-bond acceptors (Lipinski definition) is 6. The number of likely N-dealkylation sites (tertiary alicyclic amines) is 1. The summed E-state index contributed by atoms with van der Waals surface area (Å²) in [5, 5.41) is 23.2. The molecule has 34 heavy (non-hydrogen) atoms. The van der Waals surface area contributed by atoms with Gasteiger partial charge in [0.1, 0.15) is 10.8 Å². The summed E-state index contributed by atoms with van der Waals surface area (Å²) in [6.07, 6.45) is 11.3. The van der Waals surface area contributed by atoms with E-state index in [1.165, 1.54) is 6.42 Å². The second-order valence-electron chi connectivity index (χ2n) is 10.3. The SMILES string of the molecule is CCC(CC1CCCN1CCC(NC(=O)C1CCCC1)c1nccs1)N(C(C)=N)C(=N)C(C)C. The molecule has 3 atom stereocenters. The molecule has 8 heteroatoms. The van der Waals surface area contributed by atoms with Gasteiger partial charge in [-0.1, -0.05) is 33.6 Å². The lowest BCUT2D eigenvalue weighted by Gasteiger charge is -2.37. The Labute approximate surface area is 209 Å². The molecule has 3 unspecified atom stereocenters. The number of nitrogens with zero attached hydrogens (tertiary/aromatic N) is 3. The van der Waals surface area contributed by atoms with Crippen LogP contribution in [-0.4, -0.2) is 57.5 Å². The van der Waals surface area contributed by atoms with E-state index in [9.17, 15) is 4.79 Å². The predicted molar refractivity (Wildman–Crippen MR) is 141 cm³/mol. The van der Waals surface area contributed by atoms with Crippen molar-refractivity contribution in [3.8, 4) is 0 Å². The van der Waals surface area contributed by atoms with Gasteiger partial charge in [0.15, 0.2) is 0 Å². The van der Waals surface area contributed by atoms with Gasteiger partial charge in [-0.25, -0.2) is 4.98 Å². The number of thiazole rings is 1. The van der Waals surface area contributed by atoms with E-state index in [0.29, 0.717) is 17.7 Å². The maximum Gasteiger partial charge on any atom is 0.223 e. The summed E-state index contributed by atoms with van der Waals surface area (Å²) in [5.41, 5.74) is 0. The highest BCUT2D eigenvalue weighted by molar-refractivity contribution is 7.09. The van der Waals surface area contributed by atoms with Gasteiger partial charge in [0.25, 0.3) is 0 Å². The number of amides is 1. The minimum absolute atomic E-state index is 0.0224. The molecular weight excluding hydrogens is 444 g/mol. The molecule has 1 saturated carbocycles. The van der Waals surface area contributed by atoms with Gasteiger partial charge >= 0.3 is 0 Å². The Hall–Kier alpha value is -1.80. The third-order valence-corrected chi connectivity index (χ3v) is 8.43. The number of hydrogen-bond donors (Lipinski definition) is 3. The maximum atomic E-state index is 12.9. The molecule has 190 valence electrons. The van der Waals surface area contributed by atoms with Gasteiger partial charge in [-0.2, -0.15) is 0 Å². The fourth-order valence-corrected chi connectivity index (χ4v) is 6.31. The number of aromatic nitrogens is 1. The lowest BCUT2D eigenvalue weighted by molar-refractivity contribution is -0.125. The van der Waals surface area contributed by atoms with Crippen molar-refractivity contribution in [2.24, 2.45) is 11.8 Å². The van der Waals surface area contributed by atoms with Crippen molar-refractivity contribution >= 4 is 28.9 Å². The molecule has 0 radical (unpaired) electrons. The lowest BCUT2D eigenvalue weighted by atomic mass is 9.99. The molecule has 1 aromatic heterocycles. The van der Waals surface area contributed by atoms with Gasteiger partial charge in [-0.15, -0.1) is 11.3 Å². The van der Waals surface area contributed by atoms with E-state index in [0.717, 1.165) is 69.5 Å². The number of amidine groups is 2. The minimum atomic E-state index is -0.0224. The second kappa shape index (κ2) is 12.8. The summed E-state index contributed by atoms with van der Waals surface area (Å²) in [6.45, 7) is 10.0. The lowest BCUT2D eigenvalue weighted by Crippen LogP contribution is -2.47. The molecule has 1 saturated heterocycles. The van der Waals surface area contributed by atoms with E-state index >= 15 is 0 Å². The summed E-state index contributed by atoms with van der Waals surface area (Å²) in [6, 6.07) is 0.606. The van der Waals surface area contributed by atoms with E-state index < -0.39 is 0 Å². The minimum Gasteiger partial charge on any atom is -0.347 e. The zero-order valence-corrected chi connectivity index (χ0v) is 22.3. The summed E-state index contributed by atoms with van der Waals surface area (Å²) < 4.78 is 0. The Morgan fingerprint density at radius 2 is 2.00 bits per heavy atom. The van der Waals surface area contributed by atoms with Crippen LogP contribution < -0.4 is 5.32 Å². The van der Waals surface area contributed by atoms with E-state index in [4.69, 9.17) is 10.8 Å². The number of carbonyl (C=O) groups is 1. The van der Waals surface area contributed by atoms with Crippen LogP contribution >= 0.6 is 11.3 Å². The molecule has 1 aromatic rings. The van der Waals surface area contributed by atoms with E-state index in [1.54, 1.807) is 18.3 Å². The van der Waals surface area contributed by atoms with Crippen molar-refractivity contribution in [1.29, 1.82) is 10.8 Å². The van der Waals surface area contributed by atoms with Crippen molar-refractivity contribution in [2.45, 2.75) is 104 Å². The standard InChI is InChI=1S/C26H44N6OS/c1-5-21(32(19(4)27)24(28)18(2)3)17-22-11-8-14-31(22)15-12-23(26-29-13-16-34-26)30-25(33)20-9-6-7-10-20/h13,16,18,20-23,27-28H,5-12,14-15,17H2,1-4H3,(H,30,33). The third kappa shape index (κ3) is 6.87. The van der Waals surface area contributed by atoms with Crippen molar-refractivity contribution < 1.29 is 4.79 Å². The van der Waals surface area contributed by atoms with Crippen LogP contribution in [0.2, 0.25) is 0 Å². The molecular formula is C26H44N6OS. The van der Waals surface area contributed by atoms with Crippen molar-refractivity contribution in [1.82, 2.24) is 20.1 Å². The molecule has 1 aliphatic heterocycles. The molecule has 2 aliphatic rings. The highest BCUT2D eigenvalue weighted by atomic mass is 32.1. The molecule has 7 nitrogen and oxygen atoms in total. The van der Waals surface area contributed by atoms with Gasteiger partial charge < -0.3 is 15.1 Å². The van der Waals surface area contributed by atoms with E-state index in [-0.39, 0.29) is 29.8 Å². The van der Waals surface area contributed by atoms with Crippen LogP contribution in [0.3, 0.4) is 0 Å². The summed E-state index contributed by atoms with van der Waals surface area (Å²) >= 11 is 1.63. The monoisotopic (exact) mass is 488 g/mol. The molecule has 1 amide bonds. The third-order valence-electron chi connectivity index (χ3n) is 7.54. The predicted octanol–water partition coefficient (Wildman–Crippen LogP) is 5.45. The van der Waals surface area contributed by atoms with Gasteiger partial charge in [0.05, 0.1) is 11.9 Å². The average molecular weight is 489 g/mol. The normalized spacial score (nSPS) is 21.0. The highest BCUT2D eigenvalue weighted by Gasteiger charge is 2.32. The average Bonchev–Trinajstić information content (AvgIpc) is 3.58. The van der Waals surface area contributed by atoms with Crippen LogP contribution in [0.5, 0.6) is 0 Å². The van der Waals surface area contributed by atoms with Gasteiger partial charge in [-0.3, -0.25) is 15.6 Å². The number of rotatable bonds is 11. The fraction of sp³-hybridized carbons (Fsp3) is 0.769. The molecule has 2 heterocycles. The Kier molecular flexibility index (Phi) is 10.1. The second-order valence-corrected chi connectivity index (χ2v) is 11.3. The van der Waals surface area contributed by atoms with Crippen LogP contribution in [0.25, 0.3) is 0 Å². The molecule has 3 rings (SSSR count). The van der Waals surface area contributed by atoms with Gasteiger partial charge in [0.2, 0.25) is 5.91 Å². The molecule has 2 fully saturated rings. The van der Waals surface area contributed by atoms with Crippen LogP contribution in [0, 0.1) is 22.7 Å². The van der Waals surface area contributed by atoms with Crippen molar-refractivity contribution in [3.63, 3.8) is 0 Å². The largest absolute Gasteiger partial charge is 0.347 e. The van der Waals surface area contributed by atoms with Crippen molar-refractivity contribution in [2.75, 3.05) is 13.1 Å². The zero-order chi connectivity index (χ0) is 24.7. The first-order chi connectivity index (χ1) is 16.3.